The molecule has 1 fully saturated rings. The van der Waals surface area contributed by atoms with Gasteiger partial charge in [0, 0.05) is 23.5 Å². The van der Waals surface area contributed by atoms with E-state index >= 15 is 0 Å². The maximum atomic E-state index is 10.7. The fraction of sp³-hybridized carbons (Fsp3) is 0.667. The Morgan fingerprint density at radius 2 is 2.06 bits per heavy atom. The van der Waals surface area contributed by atoms with Crippen LogP contribution < -0.4 is 0 Å². The van der Waals surface area contributed by atoms with E-state index in [-0.39, 0.29) is 5.54 Å². The van der Waals surface area contributed by atoms with Gasteiger partial charge in [0.15, 0.2) is 0 Å². The van der Waals surface area contributed by atoms with Gasteiger partial charge in [0.05, 0.1) is 6.10 Å². The maximum absolute atomic E-state index is 10.7. The minimum atomic E-state index is -0.465. The predicted octanol–water partition coefficient (Wildman–Crippen LogP) is 2.69. The lowest BCUT2D eigenvalue weighted by atomic mass is 9.85. The van der Waals surface area contributed by atoms with Crippen LogP contribution in [-0.2, 0) is 0 Å². The number of aryl methyl sites for hydroxylation is 1. The molecular weight excluding hydrogens is 224 g/mol. The highest BCUT2D eigenvalue weighted by molar-refractivity contribution is 5.22. The van der Waals surface area contributed by atoms with E-state index in [0.717, 1.165) is 30.6 Å². The van der Waals surface area contributed by atoms with Crippen molar-refractivity contribution in [2.45, 2.75) is 51.7 Å². The zero-order valence-corrected chi connectivity index (χ0v) is 11.7. The lowest BCUT2D eigenvalue weighted by Gasteiger charge is -2.42. The van der Waals surface area contributed by atoms with E-state index < -0.39 is 6.10 Å². The molecule has 2 atom stereocenters. The van der Waals surface area contributed by atoms with Gasteiger partial charge in [-0.25, -0.2) is 0 Å². The number of likely N-dealkylation sites (tertiary alicyclic amines) is 1. The topological polar surface area (TPSA) is 36.4 Å². The van der Waals surface area contributed by atoms with Crippen LogP contribution in [0, 0.1) is 6.92 Å². The second kappa shape index (κ2) is 5.37. The van der Waals surface area contributed by atoms with Gasteiger partial charge in [-0.3, -0.25) is 9.88 Å². The van der Waals surface area contributed by atoms with Gasteiger partial charge in [0.2, 0.25) is 0 Å². The van der Waals surface area contributed by atoms with Crippen LogP contribution in [0.4, 0.5) is 0 Å². The maximum Gasteiger partial charge on any atom is 0.0985 e. The summed E-state index contributed by atoms with van der Waals surface area (Å²) in [6.07, 6.45) is 6.59. The van der Waals surface area contributed by atoms with E-state index in [4.69, 9.17) is 0 Å². The third kappa shape index (κ3) is 2.43. The zero-order valence-electron chi connectivity index (χ0n) is 11.7. The molecule has 2 rings (SSSR count). The van der Waals surface area contributed by atoms with Gasteiger partial charge in [-0.2, -0.15) is 0 Å². The lowest BCUT2D eigenvalue weighted by Crippen LogP contribution is -2.49. The average molecular weight is 248 g/mol. The molecule has 0 bridgehead atoms. The standard InChI is InChI=1S/C15H24N2O/c1-4-15(3,17-7-5-6-8-17)14(18)13-9-12(2)10-16-11-13/h9-11,14,18H,4-8H2,1-3H3. The fourth-order valence-electron chi connectivity index (χ4n) is 2.90. The first-order chi connectivity index (χ1) is 8.58. The Morgan fingerprint density at radius 1 is 1.39 bits per heavy atom. The Bertz CT molecular complexity index is 401. The summed E-state index contributed by atoms with van der Waals surface area (Å²) >= 11 is 0. The molecule has 100 valence electrons. The normalized spacial score (nSPS) is 21.8. The summed E-state index contributed by atoms with van der Waals surface area (Å²) in [6, 6.07) is 2.04. The lowest BCUT2D eigenvalue weighted by molar-refractivity contribution is -0.0142. The Balaban J connectivity index is 2.26. The van der Waals surface area contributed by atoms with Crippen molar-refractivity contribution in [2.75, 3.05) is 13.1 Å². The van der Waals surface area contributed by atoms with Crippen LogP contribution in [0.2, 0.25) is 0 Å². The molecule has 0 saturated carbocycles. The number of hydrogen-bond acceptors (Lipinski definition) is 3. The van der Waals surface area contributed by atoms with Gasteiger partial charge < -0.3 is 5.11 Å². The Labute approximate surface area is 110 Å². The minimum absolute atomic E-state index is 0.175. The molecular formula is C15H24N2O. The second-order valence-corrected chi connectivity index (χ2v) is 5.60. The number of hydrogen-bond donors (Lipinski definition) is 1. The second-order valence-electron chi connectivity index (χ2n) is 5.60. The first kappa shape index (κ1) is 13.5. The van der Waals surface area contributed by atoms with Crippen LogP contribution in [0.3, 0.4) is 0 Å². The molecule has 2 heterocycles. The number of aromatic nitrogens is 1. The number of nitrogens with zero attached hydrogens (tertiary/aromatic N) is 2. The zero-order chi connectivity index (χ0) is 13.2. The number of pyridine rings is 1. The van der Waals surface area contributed by atoms with Crippen LogP contribution in [0.1, 0.15) is 50.3 Å². The Hall–Kier alpha value is -0.930. The van der Waals surface area contributed by atoms with Gasteiger partial charge in [-0.05, 0) is 51.8 Å². The van der Waals surface area contributed by atoms with Gasteiger partial charge in [-0.1, -0.05) is 13.0 Å². The van der Waals surface area contributed by atoms with E-state index in [1.165, 1.54) is 12.8 Å². The van der Waals surface area contributed by atoms with Crippen molar-refractivity contribution in [3.63, 3.8) is 0 Å². The van der Waals surface area contributed by atoms with Crippen molar-refractivity contribution in [3.8, 4) is 0 Å². The third-order valence-electron chi connectivity index (χ3n) is 4.35. The van der Waals surface area contributed by atoms with Gasteiger partial charge in [-0.15, -0.1) is 0 Å². The van der Waals surface area contributed by atoms with E-state index in [2.05, 4.69) is 23.7 Å². The number of aliphatic hydroxyl groups excluding tert-OH is 1. The van der Waals surface area contributed by atoms with Crippen LogP contribution in [0.15, 0.2) is 18.5 Å². The van der Waals surface area contributed by atoms with Crippen molar-refractivity contribution in [2.24, 2.45) is 0 Å². The predicted molar refractivity (Wildman–Crippen MR) is 73.4 cm³/mol. The first-order valence-electron chi connectivity index (χ1n) is 6.92. The molecule has 1 aliphatic rings. The van der Waals surface area contributed by atoms with Gasteiger partial charge >= 0.3 is 0 Å². The molecule has 1 aromatic heterocycles. The summed E-state index contributed by atoms with van der Waals surface area (Å²) in [5.41, 5.74) is 1.86. The average Bonchev–Trinajstić information content (AvgIpc) is 2.91. The van der Waals surface area contributed by atoms with Gasteiger partial charge in [0.25, 0.3) is 0 Å². The van der Waals surface area contributed by atoms with Crippen molar-refractivity contribution < 1.29 is 5.11 Å². The Kier molecular flexibility index (Phi) is 4.03. The van der Waals surface area contributed by atoms with Gasteiger partial charge in [0.1, 0.15) is 0 Å². The summed E-state index contributed by atoms with van der Waals surface area (Å²) in [5.74, 6) is 0. The van der Waals surface area contributed by atoms with Crippen LogP contribution in [-0.4, -0.2) is 33.6 Å². The molecule has 3 heteroatoms. The Morgan fingerprint density at radius 3 is 2.61 bits per heavy atom. The fourth-order valence-corrected chi connectivity index (χ4v) is 2.90. The van der Waals surface area contributed by atoms with Crippen molar-refractivity contribution >= 4 is 0 Å². The molecule has 1 saturated heterocycles. The summed E-state index contributed by atoms with van der Waals surface area (Å²) < 4.78 is 0. The van der Waals surface area contributed by atoms with Crippen LogP contribution in [0.25, 0.3) is 0 Å². The molecule has 1 aliphatic heterocycles. The quantitative estimate of drug-likeness (QED) is 0.890. The largest absolute Gasteiger partial charge is 0.386 e. The monoisotopic (exact) mass is 248 g/mol. The molecule has 0 aliphatic carbocycles. The SMILES string of the molecule is CCC(C)(C(O)c1cncc(C)c1)N1CCCC1. The molecule has 3 nitrogen and oxygen atoms in total. The van der Waals surface area contributed by atoms with Crippen LogP contribution >= 0.6 is 0 Å². The number of rotatable bonds is 4. The van der Waals surface area contributed by atoms with Crippen LogP contribution in [0.5, 0.6) is 0 Å². The summed E-state index contributed by atoms with van der Waals surface area (Å²) in [5, 5.41) is 10.7. The van der Waals surface area contributed by atoms with Crippen molar-refractivity contribution in [1.82, 2.24) is 9.88 Å². The number of aliphatic hydroxyl groups is 1. The molecule has 2 unspecified atom stereocenters. The molecule has 0 spiro atoms. The van der Waals surface area contributed by atoms with E-state index in [0.29, 0.717) is 0 Å². The van der Waals surface area contributed by atoms with Crippen molar-refractivity contribution in [3.05, 3.63) is 29.6 Å². The molecule has 0 radical (unpaired) electrons. The molecule has 1 N–H and O–H groups in total. The first-order valence-corrected chi connectivity index (χ1v) is 6.92. The highest BCUT2D eigenvalue weighted by Gasteiger charge is 2.39. The molecule has 18 heavy (non-hydrogen) atoms. The third-order valence-corrected chi connectivity index (χ3v) is 4.35. The molecule has 1 aromatic rings. The smallest absolute Gasteiger partial charge is 0.0985 e. The summed E-state index contributed by atoms with van der Waals surface area (Å²) in [7, 11) is 0. The van der Waals surface area contributed by atoms with Crippen molar-refractivity contribution in [1.29, 1.82) is 0 Å². The van der Waals surface area contributed by atoms with E-state index in [1.54, 1.807) is 6.20 Å². The molecule has 0 amide bonds. The minimum Gasteiger partial charge on any atom is -0.386 e. The summed E-state index contributed by atoms with van der Waals surface area (Å²) in [4.78, 5) is 6.63. The van der Waals surface area contributed by atoms with E-state index in [9.17, 15) is 5.11 Å². The summed E-state index contributed by atoms with van der Waals surface area (Å²) in [6.45, 7) is 8.54. The highest BCUT2D eigenvalue weighted by atomic mass is 16.3. The highest BCUT2D eigenvalue weighted by Crippen LogP contribution is 2.36. The molecule has 0 aromatic carbocycles. The van der Waals surface area contributed by atoms with E-state index in [1.807, 2.05) is 19.2 Å².